The summed E-state index contributed by atoms with van der Waals surface area (Å²) in [6, 6.07) is 4.67. The second kappa shape index (κ2) is 5.78. The summed E-state index contributed by atoms with van der Waals surface area (Å²) >= 11 is 0. The van der Waals surface area contributed by atoms with Crippen molar-refractivity contribution in [3.05, 3.63) is 18.3 Å². The van der Waals surface area contributed by atoms with Crippen LogP contribution in [0.3, 0.4) is 0 Å². The molecule has 1 aromatic heterocycles. The van der Waals surface area contributed by atoms with E-state index in [-0.39, 0.29) is 0 Å². The van der Waals surface area contributed by atoms with Crippen molar-refractivity contribution in [3.63, 3.8) is 0 Å². The van der Waals surface area contributed by atoms with E-state index in [0.717, 1.165) is 43.7 Å². The van der Waals surface area contributed by atoms with Gasteiger partial charge in [0.2, 0.25) is 0 Å². The molecule has 0 aromatic carbocycles. The summed E-state index contributed by atoms with van der Waals surface area (Å²) in [6.07, 6.45) is 8.88. The summed E-state index contributed by atoms with van der Waals surface area (Å²) in [7, 11) is 0. The summed E-state index contributed by atoms with van der Waals surface area (Å²) in [4.78, 5) is 9.43. The Morgan fingerprint density at radius 2 is 1.79 bits per heavy atom. The summed E-state index contributed by atoms with van der Waals surface area (Å²) in [5.74, 6) is 0.964. The molecule has 0 bridgehead atoms. The summed E-state index contributed by atoms with van der Waals surface area (Å²) in [6.45, 7) is 4.41. The molecule has 4 heteroatoms. The second-order valence-corrected chi connectivity index (χ2v) is 5.73. The van der Waals surface area contributed by atoms with Crippen molar-refractivity contribution in [2.45, 2.75) is 38.1 Å². The number of pyridine rings is 1. The second-order valence-electron chi connectivity index (χ2n) is 5.73. The van der Waals surface area contributed by atoms with Crippen molar-refractivity contribution >= 4 is 11.5 Å². The van der Waals surface area contributed by atoms with Gasteiger partial charge in [-0.2, -0.15) is 0 Å². The number of hydrogen-bond acceptors (Lipinski definition) is 4. The van der Waals surface area contributed by atoms with Crippen LogP contribution in [0.4, 0.5) is 11.5 Å². The first kappa shape index (κ1) is 12.7. The molecule has 1 aromatic rings. The lowest BCUT2D eigenvalue weighted by Crippen LogP contribution is -2.51. The lowest BCUT2D eigenvalue weighted by Gasteiger charge is -2.41. The van der Waals surface area contributed by atoms with Gasteiger partial charge in [-0.25, -0.2) is 4.98 Å². The molecule has 2 aliphatic rings. The number of hydrogen-bond donors (Lipinski definition) is 1. The van der Waals surface area contributed by atoms with Gasteiger partial charge in [0.25, 0.3) is 0 Å². The Bertz CT molecular complexity index is 406. The Labute approximate surface area is 115 Å². The Balaban J connectivity index is 1.58. The zero-order chi connectivity index (χ0) is 13.1. The van der Waals surface area contributed by atoms with E-state index in [1.165, 1.54) is 32.1 Å². The number of anilines is 2. The molecule has 4 nitrogen and oxygen atoms in total. The van der Waals surface area contributed by atoms with Crippen molar-refractivity contribution in [2.24, 2.45) is 0 Å². The van der Waals surface area contributed by atoms with Crippen molar-refractivity contribution in [1.82, 2.24) is 9.88 Å². The van der Waals surface area contributed by atoms with E-state index < -0.39 is 0 Å². The van der Waals surface area contributed by atoms with Gasteiger partial charge >= 0.3 is 0 Å². The number of aromatic nitrogens is 1. The van der Waals surface area contributed by atoms with Crippen LogP contribution in [0.2, 0.25) is 0 Å². The first-order valence-corrected chi connectivity index (χ1v) is 7.54. The van der Waals surface area contributed by atoms with E-state index in [2.05, 4.69) is 14.8 Å². The zero-order valence-corrected chi connectivity index (χ0v) is 11.6. The standard InChI is InChI=1S/C15H24N4/c16-14-7-4-8-17-15(14)19-11-9-18(10-12-19)13-5-2-1-3-6-13/h4,7-8,13H,1-3,5-6,9-12,16H2. The highest BCUT2D eigenvalue weighted by Crippen LogP contribution is 2.25. The predicted octanol–water partition coefficient (Wildman–Crippen LogP) is 2.12. The van der Waals surface area contributed by atoms with Gasteiger partial charge in [0.05, 0.1) is 5.69 Å². The highest BCUT2D eigenvalue weighted by atomic mass is 15.3. The zero-order valence-electron chi connectivity index (χ0n) is 11.6. The number of nitrogens with zero attached hydrogens (tertiary/aromatic N) is 3. The maximum absolute atomic E-state index is 6.01. The van der Waals surface area contributed by atoms with E-state index in [0.29, 0.717) is 0 Å². The third-order valence-electron chi connectivity index (χ3n) is 4.52. The van der Waals surface area contributed by atoms with Gasteiger partial charge in [-0.1, -0.05) is 19.3 Å². The molecule has 2 heterocycles. The van der Waals surface area contributed by atoms with Crippen LogP contribution in [0.15, 0.2) is 18.3 Å². The first-order chi connectivity index (χ1) is 9.34. The Hall–Kier alpha value is -1.29. The van der Waals surface area contributed by atoms with E-state index in [4.69, 9.17) is 5.73 Å². The molecule has 104 valence electrons. The molecule has 0 radical (unpaired) electrons. The topological polar surface area (TPSA) is 45.4 Å². The summed E-state index contributed by atoms with van der Waals surface area (Å²) in [5, 5.41) is 0. The molecule has 2 N–H and O–H groups in total. The molecular weight excluding hydrogens is 236 g/mol. The van der Waals surface area contributed by atoms with Gasteiger partial charge in [0.1, 0.15) is 0 Å². The van der Waals surface area contributed by atoms with Crippen LogP contribution in [-0.4, -0.2) is 42.1 Å². The van der Waals surface area contributed by atoms with E-state index in [1.807, 2.05) is 18.3 Å². The number of nitrogens with two attached hydrogens (primary N) is 1. The van der Waals surface area contributed by atoms with E-state index in [1.54, 1.807) is 0 Å². The minimum Gasteiger partial charge on any atom is -0.396 e. The Morgan fingerprint density at radius 1 is 1.05 bits per heavy atom. The monoisotopic (exact) mass is 260 g/mol. The number of rotatable bonds is 2. The third-order valence-corrected chi connectivity index (χ3v) is 4.52. The fourth-order valence-electron chi connectivity index (χ4n) is 3.42. The van der Waals surface area contributed by atoms with Crippen molar-refractivity contribution in [3.8, 4) is 0 Å². The molecule has 0 amide bonds. The van der Waals surface area contributed by atoms with Crippen molar-refractivity contribution < 1.29 is 0 Å². The summed E-state index contributed by atoms with van der Waals surface area (Å²) < 4.78 is 0. The van der Waals surface area contributed by atoms with Crippen molar-refractivity contribution in [2.75, 3.05) is 36.8 Å². The normalized spacial score (nSPS) is 22.6. The SMILES string of the molecule is Nc1cccnc1N1CCN(C2CCCCC2)CC1. The molecule has 1 saturated heterocycles. The fraction of sp³-hybridized carbons (Fsp3) is 0.667. The average Bonchev–Trinajstić information content (AvgIpc) is 2.49. The van der Waals surface area contributed by atoms with Crippen LogP contribution >= 0.6 is 0 Å². The predicted molar refractivity (Wildman–Crippen MR) is 79.3 cm³/mol. The quantitative estimate of drug-likeness (QED) is 0.884. The molecule has 19 heavy (non-hydrogen) atoms. The lowest BCUT2D eigenvalue weighted by molar-refractivity contribution is 0.148. The minimum atomic E-state index is 0.800. The molecule has 0 spiro atoms. The van der Waals surface area contributed by atoms with Gasteiger partial charge in [-0.05, 0) is 25.0 Å². The van der Waals surface area contributed by atoms with Gasteiger partial charge < -0.3 is 10.6 Å². The molecular formula is C15H24N4. The van der Waals surface area contributed by atoms with Crippen LogP contribution in [0.1, 0.15) is 32.1 Å². The van der Waals surface area contributed by atoms with Crippen LogP contribution in [0, 0.1) is 0 Å². The van der Waals surface area contributed by atoms with Crippen LogP contribution < -0.4 is 10.6 Å². The molecule has 0 atom stereocenters. The molecule has 0 unspecified atom stereocenters. The summed E-state index contributed by atoms with van der Waals surface area (Å²) in [5.41, 5.74) is 6.81. The Morgan fingerprint density at radius 3 is 2.47 bits per heavy atom. The van der Waals surface area contributed by atoms with Crippen LogP contribution in [0.25, 0.3) is 0 Å². The smallest absolute Gasteiger partial charge is 0.151 e. The Kier molecular flexibility index (Phi) is 3.87. The molecule has 1 saturated carbocycles. The third kappa shape index (κ3) is 2.84. The minimum absolute atomic E-state index is 0.800. The maximum Gasteiger partial charge on any atom is 0.151 e. The largest absolute Gasteiger partial charge is 0.396 e. The highest BCUT2D eigenvalue weighted by Gasteiger charge is 2.25. The van der Waals surface area contributed by atoms with E-state index in [9.17, 15) is 0 Å². The molecule has 1 aliphatic heterocycles. The van der Waals surface area contributed by atoms with Gasteiger partial charge in [-0.3, -0.25) is 4.90 Å². The lowest BCUT2D eigenvalue weighted by atomic mass is 9.94. The molecule has 3 rings (SSSR count). The van der Waals surface area contributed by atoms with Gasteiger partial charge in [0.15, 0.2) is 5.82 Å². The van der Waals surface area contributed by atoms with Gasteiger partial charge in [-0.15, -0.1) is 0 Å². The van der Waals surface area contributed by atoms with Crippen molar-refractivity contribution in [1.29, 1.82) is 0 Å². The van der Waals surface area contributed by atoms with E-state index >= 15 is 0 Å². The number of nitrogen functional groups attached to an aromatic ring is 1. The van der Waals surface area contributed by atoms with Crippen LogP contribution in [0.5, 0.6) is 0 Å². The molecule has 1 aliphatic carbocycles. The van der Waals surface area contributed by atoms with Crippen LogP contribution in [-0.2, 0) is 0 Å². The fourth-order valence-corrected chi connectivity index (χ4v) is 3.42. The highest BCUT2D eigenvalue weighted by molar-refractivity contribution is 5.62. The first-order valence-electron chi connectivity index (χ1n) is 7.54. The maximum atomic E-state index is 6.01. The molecule has 2 fully saturated rings. The number of piperazine rings is 1. The average molecular weight is 260 g/mol. The van der Waals surface area contributed by atoms with Gasteiger partial charge in [0, 0.05) is 38.4 Å².